The van der Waals surface area contributed by atoms with E-state index in [1.807, 2.05) is 0 Å². The van der Waals surface area contributed by atoms with Gasteiger partial charge in [0.15, 0.2) is 0 Å². The number of fused-ring (bicyclic) bond motifs is 1. The van der Waals surface area contributed by atoms with Gasteiger partial charge in [-0.25, -0.2) is 9.37 Å². The summed E-state index contributed by atoms with van der Waals surface area (Å²) < 4.78 is 13.1. The van der Waals surface area contributed by atoms with Gasteiger partial charge in [0.05, 0.1) is 22.8 Å². The zero-order valence-corrected chi connectivity index (χ0v) is 7.59. The molecule has 0 unspecified atom stereocenters. The van der Waals surface area contributed by atoms with Crippen molar-refractivity contribution in [2.75, 3.05) is 0 Å². The Morgan fingerprint density at radius 3 is 2.86 bits per heavy atom. The van der Waals surface area contributed by atoms with Gasteiger partial charge in [0.25, 0.3) is 0 Å². The third kappa shape index (κ3) is 1.38. The topological polar surface area (TPSA) is 49.6 Å². The highest BCUT2D eigenvalue weighted by atomic mass is 35.5. The van der Waals surface area contributed by atoms with Crippen molar-refractivity contribution < 1.29 is 4.39 Å². The molecule has 0 bridgehead atoms. The molecule has 1 aromatic carbocycles. The van der Waals surface area contributed by atoms with Gasteiger partial charge in [-0.2, -0.15) is 5.26 Å². The van der Waals surface area contributed by atoms with Gasteiger partial charge in [0.1, 0.15) is 17.0 Å². The number of halogens is 2. The van der Waals surface area contributed by atoms with E-state index >= 15 is 0 Å². The van der Waals surface area contributed by atoms with Crippen molar-refractivity contribution in [3.8, 4) is 6.07 Å². The standard InChI is InChI=1S/C9H3ClFN3/c10-9-4-13-7-2-6(11)5(3-12)1-8(7)14-9/h1-2,4H. The fraction of sp³-hybridized carbons (Fsp3) is 0. The molecule has 0 saturated carbocycles. The highest BCUT2D eigenvalue weighted by molar-refractivity contribution is 6.29. The van der Waals surface area contributed by atoms with E-state index in [-0.39, 0.29) is 10.7 Å². The van der Waals surface area contributed by atoms with Crippen LogP contribution in [-0.2, 0) is 0 Å². The van der Waals surface area contributed by atoms with Gasteiger partial charge in [-0.1, -0.05) is 11.6 Å². The first-order valence-corrected chi connectivity index (χ1v) is 4.10. The number of benzene rings is 1. The summed E-state index contributed by atoms with van der Waals surface area (Å²) in [7, 11) is 0. The third-order valence-electron chi connectivity index (χ3n) is 1.72. The van der Waals surface area contributed by atoms with Gasteiger partial charge in [-0.3, -0.25) is 4.98 Å². The largest absolute Gasteiger partial charge is 0.251 e. The maximum absolute atomic E-state index is 13.1. The summed E-state index contributed by atoms with van der Waals surface area (Å²) >= 11 is 5.60. The van der Waals surface area contributed by atoms with Crippen LogP contribution in [0.25, 0.3) is 11.0 Å². The molecule has 0 spiro atoms. The Morgan fingerprint density at radius 1 is 1.36 bits per heavy atom. The summed E-state index contributed by atoms with van der Waals surface area (Å²) in [6.45, 7) is 0. The molecule has 0 fully saturated rings. The van der Waals surface area contributed by atoms with Gasteiger partial charge in [-0.05, 0) is 6.07 Å². The van der Waals surface area contributed by atoms with E-state index in [1.165, 1.54) is 12.3 Å². The maximum atomic E-state index is 13.1. The lowest BCUT2D eigenvalue weighted by atomic mass is 10.2. The summed E-state index contributed by atoms with van der Waals surface area (Å²) in [5.41, 5.74) is 0.732. The zero-order valence-electron chi connectivity index (χ0n) is 6.83. The van der Waals surface area contributed by atoms with Gasteiger partial charge >= 0.3 is 0 Å². The van der Waals surface area contributed by atoms with E-state index in [0.717, 1.165) is 6.07 Å². The monoisotopic (exact) mass is 207 g/mol. The second-order valence-corrected chi connectivity index (χ2v) is 3.01. The van der Waals surface area contributed by atoms with Crippen LogP contribution in [0.5, 0.6) is 0 Å². The van der Waals surface area contributed by atoms with Crippen LogP contribution in [0.1, 0.15) is 5.56 Å². The fourth-order valence-electron chi connectivity index (χ4n) is 1.10. The van der Waals surface area contributed by atoms with E-state index < -0.39 is 5.82 Å². The van der Waals surface area contributed by atoms with E-state index in [2.05, 4.69) is 9.97 Å². The van der Waals surface area contributed by atoms with Crippen LogP contribution < -0.4 is 0 Å². The van der Waals surface area contributed by atoms with Crippen molar-refractivity contribution in [1.29, 1.82) is 5.26 Å². The summed E-state index contributed by atoms with van der Waals surface area (Å²) in [6.07, 6.45) is 1.33. The molecule has 2 aromatic rings. The van der Waals surface area contributed by atoms with E-state index in [4.69, 9.17) is 16.9 Å². The highest BCUT2D eigenvalue weighted by Crippen LogP contribution is 2.16. The fourth-order valence-corrected chi connectivity index (χ4v) is 1.24. The van der Waals surface area contributed by atoms with Crippen LogP contribution in [0, 0.1) is 17.1 Å². The SMILES string of the molecule is N#Cc1cc2nc(Cl)cnc2cc1F. The molecule has 0 aliphatic heterocycles. The Kier molecular flexibility index (Phi) is 2.02. The van der Waals surface area contributed by atoms with Gasteiger partial charge < -0.3 is 0 Å². The van der Waals surface area contributed by atoms with Gasteiger partial charge in [0, 0.05) is 6.07 Å². The van der Waals surface area contributed by atoms with Gasteiger partial charge in [0.2, 0.25) is 0 Å². The highest BCUT2D eigenvalue weighted by Gasteiger charge is 2.05. The Bertz CT molecular complexity index is 547. The Hall–Kier alpha value is -1.73. The molecular weight excluding hydrogens is 205 g/mol. The Morgan fingerprint density at radius 2 is 2.14 bits per heavy atom. The minimum atomic E-state index is -0.600. The number of rotatable bonds is 0. The summed E-state index contributed by atoms with van der Waals surface area (Å²) in [4.78, 5) is 7.78. The molecule has 0 saturated heterocycles. The van der Waals surface area contributed by atoms with E-state index in [9.17, 15) is 4.39 Å². The molecule has 0 radical (unpaired) electrons. The molecule has 0 amide bonds. The number of nitriles is 1. The van der Waals surface area contributed by atoms with Crippen molar-refractivity contribution in [2.24, 2.45) is 0 Å². The number of hydrogen-bond donors (Lipinski definition) is 0. The van der Waals surface area contributed by atoms with Gasteiger partial charge in [-0.15, -0.1) is 0 Å². The average Bonchev–Trinajstić information content (AvgIpc) is 2.17. The van der Waals surface area contributed by atoms with Crippen LogP contribution in [-0.4, -0.2) is 9.97 Å². The van der Waals surface area contributed by atoms with E-state index in [0.29, 0.717) is 11.0 Å². The molecule has 0 N–H and O–H groups in total. The predicted octanol–water partition coefficient (Wildman–Crippen LogP) is 2.29. The normalized spacial score (nSPS) is 10.1. The molecule has 1 heterocycles. The minimum Gasteiger partial charge on any atom is -0.251 e. The smallest absolute Gasteiger partial charge is 0.148 e. The van der Waals surface area contributed by atoms with E-state index in [1.54, 1.807) is 6.07 Å². The zero-order chi connectivity index (χ0) is 10.1. The Balaban J connectivity index is 2.82. The molecule has 2 rings (SSSR count). The third-order valence-corrected chi connectivity index (χ3v) is 1.90. The van der Waals surface area contributed by atoms with Crippen LogP contribution >= 0.6 is 11.6 Å². The molecular formula is C9H3ClFN3. The molecule has 68 valence electrons. The van der Waals surface area contributed by atoms with Crippen molar-refractivity contribution in [2.45, 2.75) is 0 Å². The second kappa shape index (κ2) is 3.20. The maximum Gasteiger partial charge on any atom is 0.148 e. The molecule has 5 heteroatoms. The molecule has 0 aliphatic rings. The molecule has 14 heavy (non-hydrogen) atoms. The molecule has 0 aliphatic carbocycles. The minimum absolute atomic E-state index is 0.0610. The van der Waals surface area contributed by atoms with Crippen LogP contribution in [0.2, 0.25) is 5.15 Å². The Labute approximate surface area is 83.8 Å². The lowest BCUT2D eigenvalue weighted by Crippen LogP contribution is -1.89. The quantitative estimate of drug-likeness (QED) is 0.666. The molecule has 3 nitrogen and oxygen atoms in total. The average molecular weight is 208 g/mol. The predicted molar refractivity (Wildman–Crippen MR) is 49.2 cm³/mol. The first kappa shape index (κ1) is 8.85. The summed E-state index contributed by atoms with van der Waals surface area (Å²) in [5, 5.41) is 8.79. The molecule has 1 aromatic heterocycles. The summed E-state index contributed by atoms with van der Waals surface area (Å²) in [6, 6.07) is 4.21. The first-order chi connectivity index (χ1) is 6.70. The van der Waals surface area contributed by atoms with Crippen LogP contribution in [0.15, 0.2) is 18.3 Å². The van der Waals surface area contributed by atoms with Crippen molar-refractivity contribution in [1.82, 2.24) is 9.97 Å². The van der Waals surface area contributed by atoms with Crippen LogP contribution in [0.3, 0.4) is 0 Å². The first-order valence-electron chi connectivity index (χ1n) is 3.72. The molecule has 0 atom stereocenters. The number of nitrogens with zero attached hydrogens (tertiary/aromatic N) is 3. The van der Waals surface area contributed by atoms with Crippen molar-refractivity contribution in [3.63, 3.8) is 0 Å². The lowest BCUT2D eigenvalue weighted by Gasteiger charge is -1.98. The summed E-state index contributed by atoms with van der Waals surface area (Å²) in [5.74, 6) is -0.600. The van der Waals surface area contributed by atoms with Crippen LogP contribution in [0.4, 0.5) is 4.39 Å². The second-order valence-electron chi connectivity index (χ2n) is 2.63. The number of aromatic nitrogens is 2. The van der Waals surface area contributed by atoms with Crippen molar-refractivity contribution in [3.05, 3.63) is 34.9 Å². The lowest BCUT2D eigenvalue weighted by molar-refractivity contribution is 0.625. The van der Waals surface area contributed by atoms with Crippen molar-refractivity contribution >= 4 is 22.6 Å². The number of hydrogen-bond acceptors (Lipinski definition) is 3.